The number of anilines is 1. The first-order valence-corrected chi connectivity index (χ1v) is 8.03. The Morgan fingerprint density at radius 1 is 1.24 bits per heavy atom. The van der Waals surface area contributed by atoms with E-state index < -0.39 is 0 Å². The second-order valence-electron chi connectivity index (χ2n) is 4.72. The molecule has 7 nitrogen and oxygen atoms in total. The van der Waals surface area contributed by atoms with Crippen LogP contribution in [0.1, 0.15) is 49.8 Å². The smallest absolute Gasteiger partial charge is 0.282 e. The van der Waals surface area contributed by atoms with E-state index in [2.05, 4.69) is 26.1 Å². The number of amides is 2. The van der Waals surface area contributed by atoms with E-state index in [1.54, 1.807) is 0 Å². The van der Waals surface area contributed by atoms with Gasteiger partial charge in [-0.2, -0.15) is 0 Å². The van der Waals surface area contributed by atoms with Crippen molar-refractivity contribution in [2.75, 3.05) is 18.4 Å². The molecule has 0 saturated heterocycles. The summed E-state index contributed by atoms with van der Waals surface area (Å²) in [5.41, 5.74) is 0. The largest absolute Gasteiger partial charge is 0.360 e. The van der Waals surface area contributed by atoms with Crippen molar-refractivity contribution in [3.63, 3.8) is 0 Å². The first-order chi connectivity index (χ1) is 10.1. The Balaban J connectivity index is 2.30. The average molecular weight is 313 g/mol. The number of nitrogens with zero attached hydrogens (tertiary/aromatic N) is 2. The quantitative estimate of drug-likeness (QED) is 0.640. The highest BCUT2D eigenvalue weighted by Gasteiger charge is 2.13. The van der Waals surface area contributed by atoms with Crippen LogP contribution >= 0.6 is 11.3 Å². The predicted molar refractivity (Wildman–Crippen MR) is 83.5 cm³/mol. The van der Waals surface area contributed by atoms with Crippen molar-refractivity contribution >= 4 is 28.3 Å². The molecule has 1 atom stereocenters. The van der Waals surface area contributed by atoms with Gasteiger partial charge in [0.25, 0.3) is 5.91 Å². The number of nitrogens with one attached hydrogen (secondary N) is 3. The van der Waals surface area contributed by atoms with Gasteiger partial charge < -0.3 is 16.0 Å². The standard InChI is InChI=1S/C13H23N5O2S/c1-4-7-15-13-18-17-12(21-13)11(20)14-8-6-10(19)16-9(3)5-2/h9H,4-8H2,1-3H3,(H,14,20)(H,15,18)(H,16,19). The molecule has 0 aliphatic carbocycles. The van der Waals surface area contributed by atoms with Gasteiger partial charge in [0.2, 0.25) is 16.0 Å². The summed E-state index contributed by atoms with van der Waals surface area (Å²) >= 11 is 1.21. The molecular formula is C13H23N5O2S. The van der Waals surface area contributed by atoms with Crippen LogP contribution in [0.2, 0.25) is 0 Å². The van der Waals surface area contributed by atoms with Crippen LogP contribution in [-0.4, -0.2) is 41.1 Å². The molecule has 1 aromatic heterocycles. The zero-order chi connectivity index (χ0) is 15.7. The van der Waals surface area contributed by atoms with Gasteiger partial charge in [-0.1, -0.05) is 25.2 Å². The van der Waals surface area contributed by atoms with Crippen LogP contribution in [-0.2, 0) is 4.79 Å². The van der Waals surface area contributed by atoms with Gasteiger partial charge in [0.1, 0.15) is 0 Å². The van der Waals surface area contributed by atoms with E-state index in [1.807, 2.05) is 20.8 Å². The maximum Gasteiger partial charge on any atom is 0.282 e. The molecule has 1 rings (SSSR count). The van der Waals surface area contributed by atoms with Crippen molar-refractivity contribution in [1.82, 2.24) is 20.8 Å². The SMILES string of the molecule is CCCNc1nnc(C(=O)NCCC(=O)NC(C)CC)s1. The van der Waals surface area contributed by atoms with Gasteiger partial charge in [-0.05, 0) is 19.8 Å². The number of hydrogen-bond acceptors (Lipinski definition) is 6. The summed E-state index contributed by atoms with van der Waals surface area (Å²) in [7, 11) is 0. The Morgan fingerprint density at radius 2 is 2.00 bits per heavy atom. The van der Waals surface area contributed by atoms with Crippen LogP contribution < -0.4 is 16.0 Å². The van der Waals surface area contributed by atoms with Crippen molar-refractivity contribution in [1.29, 1.82) is 0 Å². The third kappa shape index (κ3) is 6.52. The third-order valence-electron chi connectivity index (χ3n) is 2.80. The minimum Gasteiger partial charge on any atom is -0.360 e. The van der Waals surface area contributed by atoms with Gasteiger partial charge in [0.15, 0.2) is 0 Å². The summed E-state index contributed by atoms with van der Waals surface area (Å²) in [6, 6.07) is 0.156. The van der Waals surface area contributed by atoms with E-state index in [9.17, 15) is 9.59 Å². The zero-order valence-electron chi connectivity index (χ0n) is 12.7. The number of carbonyl (C=O) groups excluding carboxylic acids is 2. The number of aromatic nitrogens is 2. The maximum absolute atomic E-state index is 11.8. The fourth-order valence-corrected chi connectivity index (χ4v) is 2.12. The highest BCUT2D eigenvalue weighted by Crippen LogP contribution is 2.14. The van der Waals surface area contributed by atoms with Crippen LogP contribution in [0.4, 0.5) is 5.13 Å². The molecule has 0 aromatic carbocycles. The Kier molecular flexibility index (Phi) is 7.66. The molecule has 118 valence electrons. The average Bonchev–Trinajstić information content (AvgIpc) is 2.93. The lowest BCUT2D eigenvalue weighted by atomic mass is 10.2. The van der Waals surface area contributed by atoms with E-state index in [1.165, 1.54) is 11.3 Å². The Bertz CT molecular complexity index is 463. The first kappa shape index (κ1) is 17.4. The highest BCUT2D eigenvalue weighted by atomic mass is 32.1. The molecule has 0 spiro atoms. The van der Waals surface area contributed by atoms with Gasteiger partial charge in [-0.15, -0.1) is 10.2 Å². The van der Waals surface area contributed by atoms with Crippen molar-refractivity contribution in [3.8, 4) is 0 Å². The van der Waals surface area contributed by atoms with Crippen molar-refractivity contribution < 1.29 is 9.59 Å². The molecule has 21 heavy (non-hydrogen) atoms. The molecule has 1 aromatic rings. The van der Waals surface area contributed by atoms with E-state index in [-0.39, 0.29) is 24.3 Å². The summed E-state index contributed by atoms with van der Waals surface area (Å²) in [5, 5.41) is 17.2. The summed E-state index contributed by atoms with van der Waals surface area (Å²) < 4.78 is 0. The van der Waals surface area contributed by atoms with E-state index in [0.29, 0.717) is 16.7 Å². The monoisotopic (exact) mass is 313 g/mol. The summed E-state index contributed by atoms with van der Waals surface area (Å²) in [6.07, 6.45) is 2.12. The Labute approximate surface area is 128 Å². The highest BCUT2D eigenvalue weighted by molar-refractivity contribution is 7.17. The molecule has 8 heteroatoms. The van der Waals surface area contributed by atoms with Gasteiger partial charge in [0.05, 0.1) is 0 Å². The molecule has 0 radical (unpaired) electrons. The molecule has 0 aliphatic rings. The molecular weight excluding hydrogens is 290 g/mol. The molecule has 0 aliphatic heterocycles. The summed E-state index contributed by atoms with van der Waals surface area (Å²) in [4.78, 5) is 23.4. The van der Waals surface area contributed by atoms with E-state index in [4.69, 9.17) is 0 Å². The summed E-state index contributed by atoms with van der Waals surface area (Å²) in [5.74, 6) is -0.361. The van der Waals surface area contributed by atoms with Crippen LogP contribution in [0.15, 0.2) is 0 Å². The second-order valence-corrected chi connectivity index (χ2v) is 5.70. The topological polar surface area (TPSA) is 96.0 Å². The van der Waals surface area contributed by atoms with Crippen molar-refractivity contribution in [3.05, 3.63) is 5.01 Å². The van der Waals surface area contributed by atoms with Gasteiger partial charge in [-0.3, -0.25) is 9.59 Å². The lowest BCUT2D eigenvalue weighted by molar-refractivity contribution is -0.121. The molecule has 1 heterocycles. The van der Waals surface area contributed by atoms with E-state index >= 15 is 0 Å². The number of rotatable bonds is 9. The lowest BCUT2D eigenvalue weighted by Gasteiger charge is -2.11. The molecule has 0 fully saturated rings. The molecule has 0 bridgehead atoms. The lowest BCUT2D eigenvalue weighted by Crippen LogP contribution is -2.35. The second kappa shape index (κ2) is 9.28. The van der Waals surface area contributed by atoms with Crippen LogP contribution in [0.3, 0.4) is 0 Å². The van der Waals surface area contributed by atoms with Gasteiger partial charge in [0, 0.05) is 25.6 Å². The predicted octanol–water partition coefficient (Wildman–Crippen LogP) is 1.39. The normalized spacial score (nSPS) is 11.8. The van der Waals surface area contributed by atoms with Crippen molar-refractivity contribution in [2.45, 2.75) is 46.1 Å². The Morgan fingerprint density at radius 3 is 2.67 bits per heavy atom. The molecule has 1 unspecified atom stereocenters. The first-order valence-electron chi connectivity index (χ1n) is 7.21. The summed E-state index contributed by atoms with van der Waals surface area (Å²) in [6.45, 7) is 7.09. The zero-order valence-corrected chi connectivity index (χ0v) is 13.5. The molecule has 3 N–H and O–H groups in total. The third-order valence-corrected chi connectivity index (χ3v) is 3.68. The fourth-order valence-electron chi connectivity index (χ4n) is 1.43. The Hall–Kier alpha value is -1.70. The molecule has 0 saturated carbocycles. The maximum atomic E-state index is 11.8. The van der Waals surface area contributed by atoms with Crippen LogP contribution in [0, 0.1) is 0 Å². The van der Waals surface area contributed by atoms with Crippen molar-refractivity contribution in [2.24, 2.45) is 0 Å². The van der Waals surface area contributed by atoms with Gasteiger partial charge >= 0.3 is 0 Å². The minimum absolute atomic E-state index is 0.0628. The van der Waals surface area contributed by atoms with Crippen LogP contribution in [0.25, 0.3) is 0 Å². The van der Waals surface area contributed by atoms with Gasteiger partial charge in [-0.25, -0.2) is 0 Å². The van der Waals surface area contributed by atoms with Crippen LogP contribution in [0.5, 0.6) is 0 Å². The fraction of sp³-hybridized carbons (Fsp3) is 0.692. The molecule has 2 amide bonds. The number of carbonyl (C=O) groups is 2. The minimum atomic E-state index is -0.298. The van der Waals surface area contributed by atoms with E-state index in [0.717, 1.165) is 19.4 Å². The number of hydrogen-bond donors (Lipinski definition) is 3.